The Bertz CT molecular complexity index is 992. The molecule has 0 radical (unpaired) electrons. The van der Waals surface area contributed by atoms with Crippen molar-refractivity contribution in [2.45, 2.75) is 25.9 Å². The zero-order chi connectivity index (χ0) is 19.9. The maximum Gasteiger partial charge on any atom is 0.307 e. The Morgan fingerprint density at radius 3 is 2.32 bits per heavy atom. The van der Waals surface area contributed by atoms with Crippen LogP contribution in [0.1, 0.15) is 30.1 Å². The summed E-state index contributed by atoms with van der Waals surface area (Å²) in [5.41, 5.74) is 1.18. The van der Waals surface area contributed by atoms with E-state index in [4.69, 9.17) is 4.74 Å². The number of nitrogens with one attached hydrogen (secondary N) is 1. The molecule has 5 heteroatoms. The molecule has 3 aromatic carbocycles. The van der Waals surface area contributed by atoms with Gasteiger partial charge in [-0.2, -0.15) is 0 Å². The predicted octanol–water partition coefficient (Wildman–Crippen LogP) is 4.37. The summed E-state index contributed by atoms with van der Waals surface area (Å²) in [6.45, 7) is 1.53. The van der Waals surface area contributed by atoms with E-state index in [1.165, 1.54) is 6.92 Å². The van der Waals surface area contributed by atoms with Crippen molar-refractivity contribution in [3.63, 3.8) is 0 Å². The normalized spacial score (nSPS) is 11.6. The van der Waals surface area contributed by atoms with Gasteiger partial charge in [-0.1, -0.05) is 66.7 Å². The third-order valence-electron chi connectivity index (χ3n) is 4.36. The molecular formula is C23H21NO4. The van der Waals surface area contributed by atoms with Gasteiger partial charge < -0.3 is 10.1 Å². The molecule has 0 saturated carbocycles. The van der Waals surface area contributed by atoms with Crippen molar-refractivity contribution in [3.05, 3.63) is 78.4 Å². The lowest BCUT2D eigenvalue weighted by atomic mass is 10.1. The van der Waals surface area contributed by atoms with Crippen LogP contribution >= 0.6 is 0 Å². The van der Waals surface area contributed by atoms with E-state index in [0.717, 1.165) is 10.8 Å². The average molecular weight is 375 g/mol. The summed E-state index contributed by atoms with van der Waals surface area (Å²) in [7, 11) is 0. The summed E-state index contributed by atoms with van der Waals surface area (Å²) < 4.78 is 5.17. The van der Waals surface area contributed by atoms with E-state index in [0.29, 0.717) is 11.3 Å². The second-order valence-electron chi connectivity index (χ2n) is 6.44. The minimum Gasteiger partial charge on any atom is -0.454 e. The van der Waals surface area contributed by atoms with Gasteiger partial charge in [0.1, 0.15) is 0 Å². The first-order valence-electron chi connectivity index (χ1n) is 9.11. The smallest absolute Gasteiger partial charge is 0.307 e. The molecule has 142 valence electrons. The van der Waals surface area contributed by atoms with Crippen molar-refractivity contribution in [1.82, 2.24) is 0 Å². The van der Waals surface area contributed by atoms with E-state index in [9.17, 15) is 14.4 Å². The highest BCUT2D eigenvalue weighted by Crippen LogP contribution is 2.23. The van der Waals surface area contributed by atoms with Crippen LogP contribution in [0.3, 0.4) is 0 Å². The van der Waals surface area contributed by atoms with Crippen LogP contribution in [0.4, 0.5) is 5.69 Å². The molecule has 3 rings (SSSR count). The summed E-state index contributed by atoms with van der Waals surface area (Å²) in [6, 6.07) is 22.0. The van der Waals surface area contributed by atoms with Crippen molar-refractivity contribution in [3.8, 4) is 0 Å². The number of carbonyl (C=O) groups excluding carboxylic acids is 3. The Kier molecular flexibility index (Phi) is 6.17. The Hall–Kier alpha value is -3.47. The highest BCUT2D eigenvalue weighted by molar-refractivity contribution is 6.03. The summed E-state index contributed by atoms with van der Waals surface area (Å²) in [5, 5.41) is 4.78. The van der Waals surface area contributed by atoms with Gasteiger partial charge in [-0.25, -0.2) is 0 Å². The number of benzene rings is 3. The van der Waals surface area contributed by atoms with Crippen LogP contribution in [0.25, 0.3) is 10.8 Å². The van der Waals surface area contributed by atoms with Gasteiger partial charge in [-0.15, -0.1) is 0 Å². The van der Waals surface area contributed by atoms with Crippen LogP contribution in [0, 0.1) is 0 Å². The van der Waals surface area contributed by atoms with Gasteiger partial charge in [0, 0.05) is 23.1 Å². The Morgan fingerprint density at radius 2 is 1.54 bits per heavy atom. The molecule has 0 aromatic heterocycles. The van der Waals surface area contributed by atoms with Crippen molar-refractivity contribution in [2.24, 2.45) is 0 Å². The van der Waals surface area contributed by atoms with Crippen LogP contribution in [0.5, 0.6) is 0 Å². The van der Waals surface area contributed by atoms with Crippen LogP contribution in [-0.2, 0) is 14.3 Å². The number of anilines is 1. The maximum atomic E-state index is 12.2. The zero-order valence-electron chi connectivity index (χ0n) is 15.6. The number of hydrogen-bond acceptors (Lipinski definition) is 4. The van der Waals surface area contributed by atoms with Crippen LogP contribution in [-0.4, -0.2) is 23.8 Å². The Labute approximate surface area is 163 Å². The van der Waals surface area contributed by atoms with Gasteiger partial charge in [0.05, 0.1) is 6.42 Å². The van der Waals surface area contributed by atoms with E-state index in [-0.39, 0.29) is 24.5 Å². The first-order chi connectivity index (χ1) is 13.5. The molecule has 0 heterocycles. The number of esters is 1. The summed E-state index contributed by atoms with van der Waals surface area (Å²) in [4.78, 5) is 36.4. The fourth-order valence-corrected chi connectivity index (χ4v) is 2.91. The lowest BCUT2D eigenvalue weighted by molar-refractivity contribution is -0.147. The third-order valence-corrected chi connectivity index (χ3v) is 4.36. The number of ketones is 1. The molecule has 1 atom stereocenters. The number of amides is 1. The standard InChI is InChI=1S/C23H21NO4/c1-16(23(27)18-9-3-2-4-10-18)28-22(26)15-14-21(25)24-20-13-7-11-17-8-5-6-12-19(17)20/h2-13,16H,14-15H2,1H3,(H,24,25)/t16-/m1/s1. The molecule has 0 fully saturated rings. The fourth-order valence-electron chi connectivity index (χ4n) is 2.91. The molecule has 0 bridgehead atoms. The molecule has 0 spiro atoms. The second-order valence-corrected chi connectivity index (χ2v) is 6.44. The highest BCUT2D eigenvalue weighted by atomic mass is 16.5. The van der Waals surface area contributed by atoms with Gasteiger partial charge in [0.25, 0.3) is 0 Å². The lowest BCUT2D eigenvalue weighted by Gasteiger charge is -2.12. The Morgan fingerprint density at radius 1 is 0.857 bits per heavy atom. The molecule has 0 aliphatic heterocycles. The van der Waals surface area contributed by atoms with Gasteiger partial charge in [-0.3, -0.25) is 14.4 Å². The van der Waals surface area contributed by atoms with Gasteiger partial charge in [-0.05, 0) is 18.4 Å². The number of fused-ring (bicyclic) bond motifs is 1. The molecule has 28 heavy (non-hydrogen) atoms. The number of Topliss-reactive ketones (excluding diaryl/α,β-unsaturated/α-hetero) is 1. The molecule has 1 amide bonds. The van der Waals surface area contributed by atoms with Crippen LogP contribution in [0.15, 0.2) is 72.8 Å². The Balaban J connectivity index is 1.51. The molecule has 5 nitrogen and oxygen atoms in total. The van der Waals surface area contributed by atoms with Gasteiger partial charge >= 0.3 is 5.97 Å². The monoisotopic (exact) mass is 375 g/mol. The van der Waals surface area contributed by atoms with E-state index < -0.39 is 12.1 Å². The number of ether oxygens (including phenoxy) is 1. The molecular weight excluding hydrogens is 354 g/mol. The number of hydrogen-bond donors (Lipinski definition) is 1. The zero-order valence-corrected chi connectivity index (χ0v) is 15.6. The maximum absolute atomic E-state index is 12.2. The summed E-state index contributed by atoms with van der Waals surface area (Å²) in [6.07, 6.45) is -1.01. The van der Waals surface area contributed by atoms with Crippen molar-refractivity contribution in [2.75, 3.05) is 5.32 Å². The van der Waals surface area contributed by atoms with Crippen LogP contribution < -0.4 is 5.32 Å². The van der Waals surface area contributed by atoms with E-state index >= 15 is 0 Å². The first kappa shape index (κ1) is 19.3. The SMILES string of the molecule is C[C@@H](OC(=O)CCC(=O)Nc1cccc2ccccc12)C(=O)c1ccccc1. The van der Waals surface area contributed by atoms with Crippen molar-refractivity contribution >= 4 is 34.1 Å². The minimum atomic E-state index is -0.893. The molecule has 0 saturated heterocycles. The quantitative estimate of drug-likeness (QED) is 0.491. The summed E-state index contributed by atoms with van der Waals surface area (Å²) >= 11 is 0. The third kappa shape index (κ3) is 4.82. The number of rotatable bonds is 7. The summed E-state index contributed by atoms with van der Waals surface area (Å²) in [5.74, 6) is -1.13. The molecule has 0 unspecified atom stereocenters. The highest BCUT2D eigenvalue weighted by Gasteiger charge is 2.19. The first-order valence-corrected chi connectivity index (χ1v) is 9.11. The van der Waals surface area contributed by atoms with E-state index in [1.807, 2.05) is 48.5 Å². The average Bonchev–Trinajstić information content (AvgIpc) is 2.72. The molecule has 1 N–H and O–H groups in total. The molecule has 0 aliphatic rings. The molecule has 0 aliphatic carbocycles. The largest absolute Gasteiger partial charge is 0.454 e. The van der Waals surface area contributed by atoms with E-state index in [1.54, 1.807) is 24.3 Å². The predicted molar refractivity (Wildman–Crippen MR) is 108 cm³/mol. The lowest BCUT2D eigenvalue weighted by Crippen LogP contribution is -2.25. The topological polar surface area (TPSA) is 72.5 Å². The van der Waals surface area contributed by atoms with Crippen LogP contribution in [0.2, 0.25) is 0 Å². The van der Waals surface area contributed by atoms with Gasteiger partial charge in [0.2, 0.25) is 11.7 Å². The number of carbonyl (C=O) groups is 3. The van der Waals surface area contributed by atoms with Crippen molar-refractivity contribution in [1.29, 1.82) is 0 Å². The van der Waals surface area contributed by atoms with Crippen molar-refractivity contribution < 1.29 is 19.1 Å². The second kappa shape index (κ2) is 8.95. The fraction of sp³-hybridized carbons (Fsp3) is 0.174. The van der Waals surface area contributed by atoms with Gasteiger partial charge in [0.15, 0.2) is 6.10 Å². The minimum absolute atomic E-state index is 0.0195. The van der Waals surface area contributed by atoms with E-state index in [2.05, 4.69) is 5.32 Å². The molecule has 3 aromatic rings.